The quantitative estimate of drug-likeness (QED) is 0.564. The molecular weight excluding hydrogens is 438 g/mol. The average Bonchev–Trinajstić information content (AvgIpc) is 2.77. The van der Waals surface area contributed by atoms with Crippen molar-refractivity contribution in [2.45, 2.75) is 32.0 Å². The van der Waals surface area contributed by atoms with Crippen molar-refractivity contribution in [3.63, 3.8) is 0 Å². The summed E-state index contributed by atoms with van der Waals surface area (Å²) in [6, 6.07) is 9.01. The first-order valence-corrected chi connectivity index (χ1v) is 11.0. The average molecular weight is 465 g/mol. The Kier molecular flexibility index (Phi) is 8.32. The van der Waals surface area contributed by atoms with Crippen molar-refractivity contribution in [2.75, 3.05) is 25.4 Å². The van der Waals surface area contributed by atoms with E-state index in [4.69, 9.17) is 28.9 Å². The number of likely N-dealkylation sites (tertiary alicyclic amines) is 1. The molecule has 5 nitrogen and oxygen atoms in total. The first-order valence-electron chi connectivity index (χ1n) is 10.3. The smallest absolute Gasteiger partial charge is 0.251 e. The molecule has 166 valence electrons. The molecular formula is C23H27Cl2FN4O. The van der Waals surface area contributed by atoms with Gasteiger partial charge in [-0.2, -0.15) is 0 Å². The van der Waals surface area contributed by atoms with Crippen LogP contribution in [-0.4, -0.2) is 35.1 Å². The lowest BCUT2D eigenvalue weighted by Gasteiger charge is -2.32. The van der Waals surface area contributed by atoms with E-state index in [0.29, 0.717) is 40.6 Å². The van der Waals surface area contributed by atoms with Crippen molar-refractivity contribution < 1.29 is 4.39 Å². The zero-order valence-corrected chi connectivity index (χ0v) is 18.8. The van der Waals surface area contributed by atoms with Gasteiger partial charge in [-0.15, -0.1) is 0 Å². The predicted molar refractivity (Wildman–Crippen MR) is 127 cm³/mol. The summed E-state index contributed by atoms with van der Waals surface area (Å²) in [4.78, 5) is 14.6. The van der Waals surface area contributed by atoms with Gasteiger partial charge in [0.2, 0.25) is 0 Å². The van der Waals surface area contributed by atoms with Crippen molar-refractivity contribution in [1.82, 2.24) is 14.8 Å². The van der Waals surface area contributed by atoms with Crippen molar-refractivity contribution in [3.8, 4) is 0 Å². The summed E-state index contributed by atoms with van der Waals surface area (Å²) >= 11 is 12.0. The number of hydrogen-bond donors (Lipinski definition) is 2. The minimum atomic E-state index is -0.528. The lowest BCUT2D eigenvalue weighted by molar-refractivity contribution is 0.190. The van der Waals surface area contributed by atoms with E-state index in [0.717, 1.165) is 44.1 Å². The fourth-order valence-electron chi connectivity index (χ4n) is 3.71. The standard InChI is InChI=1S/C23H27Cl2FN4O/c1-2-17(26)14-22-21(27)5-6-23(31)30(22)12-11-29-9-7-18(8-10-29)28-15-16-3-4-19(24)20(25)13-16/h2-6,13-14,18,28H,1,7-12,15,27H2/b17-14+. The van der Waals surface area contributed by atoms with Crippen molar-refractivity contribution in [1.29, 1.82) is 0 Å². The third-order valence-corrected chi connectivity index (χ3v) is 6.27. The van der Waals surface area contributed by atoms with Crippen LogP contribution in [0.5, 0.6) is 0 Å². The second-order valence-corrected chi connectivity index (χ2v) is 8.46. The molecule has 0 amide bonds. The zero-order valence-electron chi connectivity index (χ0n) is 17.3. The van der Waals surface area contributed by atoms with Gasteiger partial charge in [0.1, 0.15) is 5.83 Å². The number of rotatable bonds is 8. The zero-order chi connectivity index (χ0) is 22.4. The van der Waals surface area contributed by atoms with E-state index < -0.39 is 5.83 Å². The highest BCUT2D eigenvalue weighted by Crippen LogP contribution is 2.23. The van der Waals surface area contributed by atoms with Gasteiger partial charge >= 0.3 is 0 Å². The van der Waals surface area contributed by atoms with Crippen LogP contribution in [0.15, 0.2) is 53.6 Å². The molecule has 0 spiro atoms. The number of nitrogens with two attached hydrogens (primary N) is 1. The second-order valence-electron chi connectivity index (χ2n) is 7.64. The highest BCUT2D eigenvalue weighted by atomic mass is 35.5. The SMILES string of the molecule is C=C/C(F)=C\c1c(N)ccc(=O)n1CCN1CCC(NCc2ccc(Cl)c(Cl)c2)CC1. The van der Waals surface area contributed by atoms with Gasteiger partial charge < -0.3 is 20.5 Å². The Hall–Kier alpha value is -2.12. The minimum absolute atomic E-state index is 0.199. The molecule has 1 fully saturated rings. The number of anilines is 1. The number of benzene rings is 1. The lowest BCUT2D eigenvalue weighted by atomic mass is 10.0. The van der Waals surface area contributed by atoms with Crippen LogP contribution in [0.25, 0.3) is 6.08 Å². The summed E-state index contributed by atoms with van der Waals surface area (Å²) in [5.41, 5.74) is 7.62. The van der Waals surface area contributed by atoms with E-state index in [1.807, 2.05) is 18.2 Å². The van der Waals surface area contributed by atoms with Gasteiger partial charge in [0, 0.05) is 31.7 Å². The summed E-state index contributed by atoms with van der Waals surface area (Å²) in [5.74, 6) is -0.528. The molecule has 0 radical (unpaired) electrons. The van der Waals surface area contributed by atoms with E-state index in [9.17, 15) is 9.18 Å². The normalized spacial score (nSPS) is 15.9. The van der Waals surface area contributed by atoms with Crippen LogP contribution in [0, 0.1) is 0 Å². The Morgan fingerprint density at radius 2 is 1.94 bits per heavy atom. The highest BCUT2D eigenvalue weighted by molar-refractivity contribution is 6.42. The maximum absolute atomic E-state index is 13.7. The maximum Gasteiger partial charge on any atom is 0.251 e. The molecule has 0 unspecified atom stereocenters. The fraction of sp³-hybridized carbons (Fsp3) is 0.348. The fourth-order valence-corrected chi connectivity index (χ4v) is 4.03. The van der Waals surface area contributed by atoms with Crippen LogP contribution in [0.4, 0.5) is 10.1 Å². The van der Waals surface area contributed by atoms with Crippen molar-refractivity contribution in [2.24, 2.45) is 0 Å². The molecule has 1 aliphatic heterocycles. The van der Waals surface area contributed by atoms with Gasteiger partial charge in [-0.1, -0.05) is 35.8 Å². The number of nitrogens with one attached hydrogen (secondary N) is 1. The molecule has 0 bridgehead atoms. The van der Waals surface area contributed by atoms with Crippen LogP contribution < -0.4 is 16.6 Å². The minimum Gasteiger partial charge on any atom is -0.397 e. The molecule has 2 heterocycles. The molecule has 0 atom stereocenters. The summed E-state index contributed by atoms with van der Waals surface area (Å²) in [7, 11) is 0. The Labute approximate surface area is 191 Å². The van der Waals surface area contributed by atoms with Crippen LogP contribution >= 0.6 is 23.2 Å². The van der Waals surface area contributed by atoms with Gasteiger partial charge in [-0.3, -0.25) is 4.79 Å². The van der Waals surface area contributed by atoms with Gasteiger partial charge in [0.25, 0.3) is 5.56 Å². The molecule has 3 rings (SSSR count). The van der Waals surface area contributed by atoms with Gasteiger partial charge in [-0.05, 0) is 61.8 Å². The number of allylic oxidation sites excluding steroid dienone is 2. The van der Waals surface area contributed by atoms with Crippen molar-refractivity contribution in [3.05, 3.63) is 80.5 Å². The molecule has 0 saturated carbocycles. The third kappa shape index (κ3) is 6.43. The molecule has 1 saturated heterocycles. The Bertz CT molecular complexity index is 1010. The summed E-state index contributed by atoms with van der Waals surface area (Å²) < 4.78 is 15.2. The lowest BCUT2D eigenvalue weighted by Crippen LogP contribution is -2.43. The van der Waals surface area contributed by atoms with Crippen LogP contribution in [0.1, 0.15) is 24.1 Å². The Morgan fingerprint density at radius 1 is 1.19 bits per heavy atom. The number of nitrogen functional groups attached to an aromatic ring is 1. The third-order valence-electron chi connectivity index (χ3n) is 5.53. The second kappa shape index (κ2) is 11.0. The number of piperidine rings is 1. The molecule has 1 aromatic carbocycles. The Balaban J connectivity index is 1.53. The Morgan fingerprint density at radius 3 is 2.61 bits per heavy atom. The highest BCUT2D eigenvalue weighted by Gasteiger charge is 2.19. The summed E-state index contributed by atoms with van der Waals surface area (Å²) in [5, 5.41) is 4.70. The number of nitrogens with zero attached hydrogens (tertiary/aromatic N) is 2. The maximum atomic E-state index is 13.7. The van der Waals surface area contributed by atoms with Gasteiger partial charge in [0.15, 0.2) is 0 Å². The van der Waals surface area contributed by atoms with E-state index in [-0.39, 0.29) is 5.56 Å². The number of hydrogen-bond acceptors (Lipinski definition) is 4. The first-order chi connectivity index (χ1) is 14.9. The number of aromatic nitrogens is 1. The van der Waals surface area contributed by atoms with E-state index in [2.05, 4.69) is 16.8 Å². The molecule has 3 N–H and O–H groups in total. The molecule has 0 aliphatic carbocycles. The van der Waals surface area contributed by atoms with Crippen LogP contribution in [0.2, 0.25) is 10.0 Å². The molecule has 31 heavy (non-hydrogen) atoms. The van der Waals surface area contributed by atoms with E-state index in [1.165, 1.54) is 22.8 Å². The van der Waals surface area contributed by atoms with Gasteiger partial charge in [-0.25, -0.2) is 4.39 Å². The topological polar surface area (TPSA) is 63.3 Å². The molecule has 2 aromatic rings. The first kappa shape index (κ1) is 23.5. The molecule has 1 aliphatic rings. The van der Waals surface area contributed by atoms with E-state index >= 15 is 0 Å². The predicted octanol–water partition coefficient (Wildman–Crippen LogP) is 4.49. The van der Waals surface area contributed by atoms with Gasteiger partial charge in [0.05, 0.1) is 21.4 Å². The molecule has 8 heteroatoms. The monoisotopic (exact) mass is 464 g/mol. The van der Waals surface area contributed by atoms with E-state index in [1.54, 1.807) is 0 Å². The van der Waals surface area contributed by atoms with Crippen LogP contribution in [-0.2, 0) is 13.1 Å². The van der Waals surface area contributed by atoms with Crippen LogP contribution in [0.3, 0.4) is 0 Å². The summed E-state index contributed by atoms with van der Waals surface area (Å²) in [6.07, 6.45) is 4.36. The molecule has 1 aromatic heterocycles. The summed E-state index contributed by atoms with van der Waals surface area (Å²) in [6.45, 7) is 7.13. The number of halogens is 3. The number of pyridine rings is 1. The largest absolute Gasteiger partial charge is 0.397 e. The van der Waals surface area contributed by atoms with Crippen molar-refractivity contribution >= 4 is 35.0 Å².